The fourth-order valence-electron chi connectivity index (χ4n) is 2.60. The van der Waals surface area contributed by atoms with Crippen LogP contribution in [0.3, 0.4) is 0 Å². The van der Waals surface area contributed by atoms with E-state index in [4.69, 9.17) is 4.74 Å². The van der Waals surface area contributed by atoms with Gasteiger partial charge in [0.25, 0.3) is 0 Å². The standard InChI is InChI=1S/C20H21F3N2O3/c1-14(26)25(17-7-5-16(6-8-17)20(21,22)23)12-11-24-19(27)13-15-3-9-18(28-2)10-4-15/h3-10H,11-13H2,1-2H3,(H,24,27). The van der Waals surface area contributed by atoms with Crippen LogP contribution in [0.5, 0.6) is 5.75 Å². The van der Waals surface area contributed by atoms with E-state index in [1.807, 2.05) is 0 Å². The molecular formula is C20H21F3N2O3. The van der Waals surface area contributed by atoms with Crippen molar-refractivity contribution in [3.8, 4) is 5.75 Å². The van der Waals surface area contributed by atoms with Crippen molar-refractivity contribution in [2.75, 3.05) is 25.1 Å². The van der Waals surface area contributed by atoms with Gasteiger partial charge in [-0.15, -0.1) is 0 Å². The van der Waals surface area contributed by atoms with Crippen molar-refractivity contribution in [1.29, 1.82) is 0 Å². The first-order valence-corrected chi connectivity index (χ1v) is 8.55. The van der Waals surface area contributed by atoms with Crippen LogP contribution in [0, 0.1) is 0 Å². The summed E-state index contributed by atoms with van der Waals surface area (Å²) >= 11 is 0. The molecular weight excluding hydrogens is 373 g/mol. The number of hydrogen-bond acceptors (Lipinski definition) is 3. The Morgan fingerprint density at radius 2 is 1.64 bits per heavy atom. The molecule has 0 fully saturated rings. The Morgan fingerprint density at radius 1 is 1.04 bits per heavy atom. The Kier molecular flexibility index (Phi) is 7.03. The van der Waals surface area contributed by atoms with Crippen LogP contribution < -0.4 is 15.0 Å². The molecule has 150 valence electrons. The number of halogens is 3. The molecule has 0 saturated carbocycles. The third-order valence-corrected chi connectivity index (χ3v) is 4.07. The summed E-state index contributed by atoms with van der Waals surface area (Å²) < 4.78 is 43.0. The van der Waals surface area contributed by atoms with Crippen molar-refractivity contribution in [2.45, 2.75) is 19.5 Å². The van der Waals surface area contributed by atoms with Gasteiger partial charge in [-0.2, -0.15) is 13.2 Å². The van der Waals surface area contributed by atoms with Crippen LogP contribution in [0.25, 0.3) is 0 Å². The number of benzene rings is 2. The number of nitrogens with zero attached hydrogens (tertiary/aromatic N) is 1. The molecule has 2 aromatic rings. The third kappa shape index (κ3) is 6.00. The molecule has 0 bridgehead atoms. The molecule has 0 spiro atoms. The van der Waals surface area contributed by atoms with Gasteiger partial charge < -0.3 is 15.0 Å². The van der Waals surface area contributed by atoms with Gasteiger partial charge in [-0.1, -0.05) is 12.1 Å². The molecule has 0 aromatic heterocycles. The van der Waals surface area contributed by atoms with E-state index in [1.165, 1.54) is 24.0 Å². The average molecular weight is 394 g/mol. The Balaban J connectivity index is 1.90. The van der Waals surface area contributed by atoms with Crippen molar-refractivity contribution >= 4 is 17.5 Å². The molecule has 0 saturated heterocycles. The Labute approximate surface area is 161 Å². The fourth-order valence-corrected chi connectivity index (χ4v) is 2.60. The van der Waals surface area contributed by atoms with E-state index in [2.05, 4.69) is 5.32 Å². The lowest BCUT2D eigenvalue weighted by Crippen LogP contribution is -2.38. The van der Waals surface area contributed by atoms with Crippen LogP contribution in [0.2, 0.25) is 0 Å². The highest BCUT2D eigenvalue weighted by Gasteiger charge is 2.30. The molecule has 0 aliphatic carbocycles. The minimum atomic E-state index is -4.44. The topological polar surface area (TPSA) is 58.6 Å². The number of hydrogen-bond donors (Lipinski definition) is 1. The highest BCUT2D eigenvalue weighted by molar-refractivity contribution is 5.91. The van der Waals surface area contributed by atoms with Gasteiger partial charge in [0.05, 0.1) is 19.1 Å². The van der Waals surface area contributed by atoms with E-state index in [1.54, 1.807) is 31.4 Å². The number of alkyl halides is 3. The molecule has 0 aliphatic heterocycles. The number of anilines is 1. The molecule has 2 rings (SSSR count). The predicted molar refractivity (Wildman–Crippen MR) is 99.2 cm³/mol. The highest BCUT2D eigenvalue weighted by Crippen LogP contribution is 2.30. The number of carbonyl (C=O) groups excluding carboxylic acids is 2. The highest BCUT2D eigenvalue weighted by atomic mass is 19.4. The molecule has 0 atom stereocenters. The number of rotatable bonds is 7. The lowest BCUT2D eigenvalue weighted by molar-refractivity contribution is -0.137. The average Bonchev–Trinajstić information content (AvgIpc) is 2.65. The van der Waals surface area contributed by atoms with E-state index in [9.17, 15) is 22.8 Å². The molecule has 8 heteroatoms. The maximum absolute atomic E-state index is 12.7. The van der Waals surface area contributed by atoms with Gasteiger partial charge in [0, 0.05) is 25.7 Å². The van der Waals surface area contributed by atoms with E-state index in [-0.39, 0.29) is 31.3 Å². The summed E-state index contributed by atoms with van der Waals surface area (Å²) in [4.78, 5) is 25.2. The van der Waals surface area contributed by atoms with Gasteiger partial charge >= 0.3 is 6.18 Å². The van der Waals surface area contributed by atoms with Crippen molar-refractivity contribution < 1.29 is 27.5 Å². The molecule has 2 amide bonds. The third-order valence-electron chi connectivity index (χ3n) is 4.07. The summed E-state index contributed by atoms with van der Waals surface area (Å²) in [6, 6.07) is 11.4. The second kappa shape index (κ2) is 9.25. The monoisotopic (exact) mass is 394 g/mol. The Hall–Kier alpha value is -3.03. The molecule has 2 aromatic carbocycles. The quantitative estimate of drug-likeness (QED) is 0.783. The number of methoxy groups -OCH3 is 1. The zero-order chi connectivity index (χ0) is 20.7. The lowest BCUT2D eigenvalue weighted by atomic mass is 10.1. The zero-order valence-corrected chi connectivity index (χ0v) is 15.5. The van der Waals surface area contributed by atoms with Crippen LogP contribution in [0.1, 0.15) is 18.1 Å². The van der Waals surface area contributed by atoms with Crippen molar-refractivity contribution in [3.63, 3.8) is 0 Å². The van der Waals surface area contributed by atoms with Gasteiger partial charge in [-0.25, -0.2) is 0 Å². The molecule has 5 nitrogen and oxygen atoms in total. The Morgan fingerprint density at radius 3 is 2.14 bits per heavy atom. The van der Waals surface area contributed by atoms with Crippen LogP contribution in [0.15, 0.2) is 48.5 Å². The largest absolute Gasteiger partial charge is 0.497 e. The number of nitrogens with one attached hydrogen (secondary N) is 1. The van der Waals surface area contributed by atoms with Crippen LogP contribution in [0.4, 0.5) is 18.9 Å². The minimum Gasteiger partial charge on any atom is -0.497 e. The minimum absolute atomic E-state index is 0.148. The van der Waals surface area contributed by atoms with Gasteiger partial charge in [-0.3, -0.25) is 9.59 Å². The van der Waals surface area contributed by atoms with Gasteiger partial charge in [0.2, 0.25) is 11.8 Å². The van der Waals surface area contributed by atoms with Crippen molar-refractivity contribution in [1.82, 2.24) is 5.32 Å². The zero-order valence-electron chi connectivity index (χ0n) is 15.5. The first-order chi connectivity index (χ1) is 13.2. The summed E-state index contributed by atoms with van der Waals surface area (Å²) in [7, 11) is 1.55. The summed E-state index contributed by atoms with van der Waals surface area (Å²) in [5, 5.41) is 2.71. The number of carbonyl (C=O) groups is 2. The second-order valence-corrected chi connectivity index (χ2v) is 6.09. The predicted octanol–water partition coefficient (Wildman–Crippen LogP) is 3.43. The first kappa shape index (κ1) is 21.3. The maximum atomic E-state index is 12.7. The second-order valence-electron chi connectivity index (χ2n) is 6.09. The fraction of sp³-hybridized carbons (Fsp3) is 0.300. The van der Waals surface area contributed by atoms with Crippen LogP contribution >= 0.6 is 0 Å². The normalized spacial score (nSPS) is 11.0. The van der Waals surface area contributed by atoms with E-state index < -0.39 is 11.7 Å². The van der Waals surface area contributed by atoms with E-state index in [0.717, 1.165) is 17.7 Å². The summed E-state index contributed by atoms with van der Waals surface area (Å²) in [6.07, 6.45) is -4.26. The van der Waals surface area contributed by atoms with Gasteiger partial charge in [0.15, 0.2) is 0 Å². The SMILES string of the molecule is COc1ccc(CC(=O)NCCN(C(C)=O)c2ccc(C(F)(F)F)cc2)cc1. The molecule has 0 radical (unpaired) electrons. The van der Waals surface area contributed by atoms with Gasteiger partial charge in [-0.05, 0) is 42.0 Å². The lowest BCUT2D eigenvalue weighted by Gasteiger charge is -2.22. The maximum Gasteiger partial charge on any atom is 0.416 e. The van der Waals surface area contributed by atoms with Crippen molar-refractivity contribution in [3.05, 3.63) is 59.7 Å². The molecule has 0 aliphatic rings. The molecule has 0 unspecified atom stereocenters. The summed E-state index contributed by atoms with van der Waals surface area (Å²) in [5.41, 5.74) is 0.363. The Bertz CT molecular complexity index is 803. The smallest absolute Gasteiger partial charge is 0.416 e. The summed E-state index contributed by atoms with van der Waals surface area (Å²) in [5.74, 6) is 0.142. The molecule has 0 heterocycles. The van der Waals surface area contributed by atoms with E-state index >= 15 is 0 Å². The van der Waals surface area contributed by atoms with E-state index in [0.29, 0.717) is 11.4 Å². The number of ether oxygens (including phenoxy) is 1. The first-order valence-electron chi connectivity index (χ1n) is 8.55. The van der Waals surface area contributed by atoms with Crippen LogP contribution in [-0.4, -0.2) is 32.0 Å². The van der Waals surface area contributed by atoms with Crippen molar-refractivity contribution in [2.24, 2.45) is 0 Å². The summed E-state index contributed by atoms with van der Waals surface area (Å²) in [6.45, 7) is 1.64. The molecule has 28 heavy (non-hydrogen) atoms. The molecule has 1 N–H and O–H groups in total. The van der Waals surface area contributed by atoms with Crippen LogP contribution in [-0.2, 0) is 22.2 Å². The van der Waals surface area contributed by atoms with Gasteiger partial charge in [0.1, 0.15) is 5.75 Å². The number of amides is 2.